The SMILES string of the molecule is C=CS(=O)(=O)c1ccc(NNC#N)cc1. The molecule has 15 heavy (non-hydrogen) atoms. The molecule has 0 saturated carbocycles. The second-order valence-electron chi connectivity index (χ2n) is 2.60. The van der Waals surface area contributed by atoms with Crippen molar-refractivity contribution >= 4 is 15.5 Å². The summed E-state index contributed by atoms with van der Waals surface area (Å²) in [6.45, 7) is 3.22. The Balaban J connectivity index is 2.91. The van der Waals surface area contributed by atoms with Crippen LogP contribution in [-0.4, -0.2) is 8.42 Å². The van der Waals surface area contributed by atoms with Crippen LogP contribution in [0, 0.1) is 11.5 Å². The molecule has 5 nitrogen and oxygen atoms in total. The van der Waals surface area contributed by atoms with E-state index in [0.29, 0.717) is 5.69 Å². The zero-order chi connectivity index (χ0) is 11.3. The van der Waals surface area contributed by atoms with Crippen LogP contribution >= 0.6 is 0 Å². The molecule has 0 amide bonds. The summed E-state index contributed by atoms with van der Waals surface area (Å²) in [5, 5.41) is 9.11. The lowest BCUT2D eigenvalue weighted by Gasteiger charge is -2.03. The molecule has 6 heteroatoms. The maximum atomic E-state index is 11.3. The summed E-state index contributed by atoms with van der Waals surface area (Å²) >= 11 is 0. The van der Waals surface area contributed by atoms with Crippen molar-refractivity contribution in [3.05, 3.63) is 36.3 Å². The van der Waals surface area contributed by atoms with E-state index in [0.717, 1.165) is 5.41 Å². The number of sulfone groups is 1. The van der Waals surface area contributed by atoms with Crippen LogP contribution in [0.25, 0.3) is 0 Å². The average molecular weight is 223 g/mol. The minimum Gasteiger partial charge on any atom is -0.292 e. The van der Waals surface area contributed by atoms with Crippen molar-refractivity contribution in [1.29, 1.82) is 5.26 Å². The van der Waals surface area contributed by atoms with E-state index < -0.39 is 9.84 Å². The molecule has 0 aromatic heterocycles. The normalized spacial score (nSPS) is 10.1. The zero-order valence-corrected chi connectivity index (χ0v) is 8.58. The van der Waals surface area contributed by atoms with Crippen LogP contribution in [0.3, 0.4) is 0 Å². The van der Waals surface area contributed by atoms with Gasteiger partial charge < -0.3 is 0 Å². The second-order valence-corrected chi connectivity index (χ2v) is 4.49. The predicted octanol–water partition coefficient (Wildman–Crippen LogP) is 1.00. The number of nitrogens with zero attached hydrogens (tertiary/aromatic N) is 1. The molecule has 0 spiro atoms. The van der Waals surface area contributed by atoms with Gasteiger partial charge in [0.2, 0.25) is 0 Å². The minimum absolute atomic E-state index is 0.167. The van der Waals surface area contributed by atoms with Gasteiger partial charge in [0.1, 0.15) is 0 Å². The summed E-state index contributed by atoms with van der Waals surface area (Å²) in [6, 6.07) is 5.94. The first-order chi connectivity index (χ1) is 7.10. The Morgan fingerprint density at radius 2 is 1.93 bits per heavy atom. The number of nitrogens with one attached hydrogen (secondary N) is 2. The van der Waals surface area contributed by atoms with Crippen LogP contribution in [-0.2, 0) is 9.84 Å². The van der Waals surface area contributed by atoms with E-state index in [1.807, 2.05) is 0 Å². The fourth-order valence-corrected chi connectivity index (χ4v) is 1.63. The molecule has 1 aromatic carbocycles. The first-order valence-corrected chi connectivity index (χ1v) is 5.52. The third-order valence-electron chi connectivity index (χ3n) is 1.67. The van der Waals surface area contributed by atoms with Crippen LogP contribution in [0.15, 0.2) is 41.1 Å². The fraction of sp³-hybridized carbons (Fsp3) is 0. The predicted molar refractivity (Wildman–Crippen MR) is 56.2 cm³/mol. The maximum absolute atomic E-state index is 11.3. The molecule has 0 unspecified atom stereocenters. The van der Waals surface area contributed by atoms with Crippen molar-refractivity contribution in [2.75, 3.05) is 5.43 Å². The number of hydrogen-bond donors (Lipinski definition) is 2. The van der Waals surface area contributed by atoms with Gasteiger partial charge in [-0.15, -0.1) is 0 Å². The highest BCUT2D eigenvalue weighted by Gasteiger charge is 2.08. The van der Waals surface area contributed by atoms with Crippen LogP contribution in [0.4, 0.5) is 5.69 Å². The van der Waals surface area contributed by atoms with Crippen molar-refractivity contribution < 1.29 is 8.42 Å². The van der Waals surface area contributed by atoms with Gasteiger partial charge in [-0.3, -0.25) is 5.43 Å². The van der Waals surface area contributed by atoms with Gasteiger partial charge in [-0.2, -0.15) is 5.26 Å². The molecule has 0 fully saturated rings. The molecule has 2 N–H and O–H groups in total. The average Bonchev–Trinajstić information content (AvgIpc) is 2.27. The third kappa shape index (κ3) is 2.72. The Bertz CT molecular complexity index is 485. The van der Waals surface area contributed by atoms with E-state index in [2.05, 4.69) is 17.4 Å². The number of rotatable bonds is 4. The Hall–Kier alpha value is -2.00. The van der Waals surface area contributed by atoms with E-state index in [-0.39, 0.29) is 4.90 Å². The summed E-state index contributed by atoms with van der Waals surface area (Å²) < 4.78 is 22.6. The van der Waals surface area contributed by atoms with Gasteiger partial charge in [0.05, 0.1) is 10.6 Å². The van der Waals surface area contributed by atoms with Crippen LogP contribution < -0.4 is 10.9 Å². The first kappa shape index (κ1) is 11.1. The Morgan fingerprint density at radius 1 is 1.33 bits per heavy atom. The molecule has 78 valence electrons. The molecule has 0 aliphatic rings. The van der Waals surface area contributed by atoms with Gasteiger partial charge in [-0.1, -0.05) is 6.58 Å². The lowest BCUT2D eigenvalue weighted by molar-refractivity contribution is 0.604. The first-order valence-electron chi connectivity index (χ1n) is 3.98. The van der Waals surface area contributed by atoms with Gasteiger partial charge in [-0.05, 0) is 24.3 Å². The third-order valence-corrected chi connectivity index (χ3v) is 3.03. The van der Waals surface area contributed by atoms with Crippen molar-refractivity contribution in [1.82, 2.24) is 5.43 Å². The Morgan fingerprint density at radius 3 is 2.40 bits per heavy atom. The molecule has 1 aromatic rings. The standard InChI is InChI=1S/C9H9N3O2S/c1-2-15(13,14)9-5-3-8(4-6-9)12-11-7-10/h2-6,11-12H,1H2. The lowest BCUT2D eigenvalue weighted by atomic mass is 10.3. The summed E-state index contributed by atoms with van der Waals surface area (Å²) in [5.74, 6) is 0. The highest BCUT2D eigenvalue weighted by molar-refractivity contribution is 7.94. The van der Waals surface area contributed by atoms with E-state index in [9.17, 15) is 8.42 Å². The monoisotopic (exact) mass is 223 g/mol. The zero-order valence-electron chi connectivity index (χ0n) is 7.77. The van der Waals surface area contributed by atoms with E-state index in [1.54, 1.807) is 18.3 Å². The molecule has 0 saturated heterocycles. The molecular formula is C9H9N3O2S. The van der Waals surface area contributed by atoms with Gasteiger partial charge in [0.15, 0.2) is 16.0 Å². The minimum atomic E-state index is -3.38. The highest BCUT2D eigenvalue weighted by Crippen LogP contribution is 2.14. The Kier molecular flexibility index (Phi) is 3.31. The van der Waals surface area contributed by atoms with E-state index in [4.69, 9.17) is 5.26 Å². The molecular weight excluding hydrogens is 214 g/mol. The number of benzene rings is 1. The molecule has 0 heterocycles. The topological polar surface area (TPSA) is 82.0 Å². The quantitative estimate of drug-likeness (QED) is 0.452. The molecule has 0 bridgehead atoms. The fourth-order valence-electron chi connectivity index (χ4n) is 0.924. The molecule has 1 rings (SSSR count). The van der Waals surface area contributed by atoms with Gasteiger partial charge >= 0.3 is 0 Å². The van der Waals surface area contributed by atoms with Crippen molar-refractivity contribution in [2.24, 2.45) is 0 Å². The largest absolute Gasteiger partial charge is 0.292 e. The van der Waals surface area contributed by atoms with Gasteiger partial charge in [0.25, 0.3) is 0 Å². The number of anilines is 1. The maximum Gasteiger partial charge on any atom is 0.199 e. The van der Waals surface area contributed by atoms with E-state index in [1.165, 1.54) is 12.1 Å². The van der Waals surface area contributed by atoms with Crippen LogP contribution in [0.2, 0.25) is 0 Å². The summed E-state index contributed by atoms with van der Waals surface area (Å²) in [4.78, 5) is 0.167. The van der Waals surface area contributed by atoms with Gasteiger partial charge in [-0.25, -0.2) is 13.8 Å². The number of hydrazine groups is 1. The smallest absolute Gasteiger partial charge is 0.199 e. The molecule has 0 aliphatic heterocycles. The molecule has 0 atom stereocenters. The lowest BCUT2D eigenvalue weighted by Crippen LogP contribution is -2.14. The Labute approximate surface area is 87.9 Å². The summed E-state index contributed by atoms with van der Waals surface area (Å²) in [6.07, 6.45) is 1.68. The molecule has 0 radical (unpaired) electrons. The van der Waals surface area contributed by atoms with Crippen molar-refractivity contribution in [2.45, 2.75) is 4.90 Å². The van der Waals surface area contributed by atoms with Crippen LogP contribution in [0.1, 0.15) is 0 Å². The van der Waals surface area contributed by atoms with Crippen molar-refractivity contribution in [3.63, 3.8) is 0 Å². The number of nitriles is 1. The summed E-state index contributed by atoms with van der Waals surface area (Å²) in [5.41, 5.74) is 5.38. The van der Waals surface area contributed by atoms with E-state index >= 15 is 0 Å². The van der Waals surface area contributed by atoms with Gasteiger partial charge in [0, 0.05) is 5.41 Å². The highest BCUT2D eigenvalue weighted by atomic mass is 32.2. The number of hydrogen-bond acceptors (Lipinski definition) is 5. The van der Waals surface area contributed by atoms with Crippen molar-refractivity contribution in [3.8, 4) is 6.19 Å². The second kappa shape index (κ2) is 4.48. The molecule has 0 aliphatic carbocycles. The van der Waals surface area contributed by atoms with Crippen LogP contribution in [0.5, 0.6) is 0 Å². The summed E-state index contributed by atoms with van der Waals surface area (Å²) in [7, 11) is -3.38.